The molecule has 0 aliphatic heterocycles. The van der Waals surface area contributed by atoms with Gasteiger partial charge in [-0.2, -0.15) is 0 Å². The maximum atomic E-state index is 11.9. The fourth-order valence-corrected chi connectivity index (χ4v) is 2.96. The molecule has 172 valence electrons. The van der Waals surface area contributed by atoms with Gasteiger partial charge >= 0.3 is 6.16 Å². The van der Waals surface area contributed by atoms with E-state index < -0.39 is 6.16 Å². The second-order valence-corrected chi connectivity index (χ2v) is 9.15. The van der Waals surface area contributed by atoms with Crippen LogP contribution in [0, 0.1) is 11.8 Å². The van der Waals surface area contributed by atoms with Gasteiger partial charge < -0.3 is 9.47 Å². The van der Waals surface area contributed by atoms with Crippen molar-refractivity contribution < 1.29 is 14.3 Å². The molecule has 30 heavy (non-hydrogen) atoms. The van der Waals surface area contributed by atoms with Crippen LogP contribution in [0.15, 0.2) is 47.6 Å². The molecule has 0 saturated carbocycles. The number of rotatable bonds is 14. The number of carbonyl (C=O) groups excluding carboxylic acids is 1. The average molecular weight is 419 g/mol. The van der Waals surface area contributed by atoms with E-state index in [0.717, 1.165) is 25.7 Å². The van der Waals surface area contributed by atoms with Gasteiger partial charge in [0.05, 0.1) is 0 Å². The summed E-state index contributed by atoms with van der Waals surface area (Å²) in [7, 11) is 0. The summed E-state index contributed by atoms with van der Waals surface area (Å²) in [6.45, 7) is 16.7. The van der Waals surface area contributed by atoms with Crippen molar-refractivity contribution in [3.8, 4) is 0 Å². The zero-order valence-electron chi connectivity index (χ0n) is 20.7. The Morgan fingerprint density at radius 1 is 0.700 bits per heavy atom. The summed E-state index contributed by atoms with van der Waals surface area (Å²) in [5.74, 6) is 1.23. The summed E-state index contributed by atoms with van der Waals surface area (Å²) < 4.78 is 10.6. The van der Waals surface area contributed by atoms with Gasteiger partial charge in [-0.3, -0.25) is 0 Å². The molecule has 0 aromatic carbocycles. The van der Waals surface area contributed by atoms with Gasteiger partial charge in [0.1, 0.15) is 12.2 Å². The van der Waals surface area contributed by atoms with Crippen LogP contribution in [0.4, 0.5) is 4.79 Å². The molecule has 3 heteroatoms. The van der Waals surface area contributed by atoms with Crippen molar-refractivity contribution in [3.05, 3.63) is 47.6 Å². The van der Waals surface area contributed by atoms with Crippen LogP contribution in [-0.4, -0.2) is 18.4 Å². The van der Waals surface area contributed by atoms with E-state index in [1.165, 1.54) is 24.0 Å². The average Bonchev–Trinajstić information content (AvgIpc) is 2.60. The first kappa shape index (κ1) is 28.2. The van der Waals surface area contributed by atoms with Crippen molar-refractivity contribution >= 4 is 6.16 Å². The van der Waals surface area contributed by atoms with Crippen LogP contribution in [0.1, 0.15) is 93.9 Å². The Hall–Kier alpha value is -1.77. The molecule has 0 N–H and O–H groups in total. The standard InChI is InChI=1S/C27H46O3/c1-21(2)13-9-15-23(5)17-11-19-25(7)29-27(28)30-26(8)20-12-18-24(6)16-10-14-22(3)4/h11-14,19-20,23-26H,9-10,15-18H2,1-8H3/b19-11+,20-12+/t23-,24-,25-,26-/m1/s1. The molecule has 0 fully saturated rings. The van der Waals surface area contributed by atoms with Gasteiger partial charge in [-0.05, 0) is 104 Å². The maximum absolute atomic E-state index is 11.9. The highest BCUT2D eigenvalue weighted by atomic mass is 16.7. The van der Waals surface area contributed by atoms with Gasteiger partial charge in [0.2, 0.25) is 0 Å². The van der Waals surface area contributed by atoms with E-state index in [1.54, 1.807) is 0 Å². The lowest BCUT2D eigenvalue weighted by Crippen LogP contribution is -2.18. The Morgan fingerprint density at radius 3 is 1.40 bits per heavy atom. The SMILES string of the molecule is CC(C)=CCC[C@@H](C)C/C=C/[C@@H](C)OC(=O)O[C@H](C)/C=C/C[C@H](C)CCC=C(C)C. The van der Waals surface area contributed by atoms with E-state index in [0.29, 0.717) is 11.8 Å². The van der Waals surface area contributed by atoms with Crippen molar-refractivity contribution in [2.24, 2.45) is 11.8 Å². The Kier molecular flexibility index (Phi) is 16.0. The number of hydrogen-bond acceptors (Lipinski definition) is 3. The summed E-state index contributed by atoms with van der Waals surface area (Å²) in [6, 6.07) is 0. The third-order valence-electron chi connectivity index (χ3n) is 4.88. The van der Waals surface area contributed by atoms with Crippen molar-refractivity contribution in [1.29, 1.82) is 0 Å². The topological polar surface area (TPSA) is 35.5 Å². The summed E-state index contributed by atoms with van der Waals surface area (Å²) in [4.78, 5) is 11.9. The highest BCUT2D eigenvalue weighted by molar-refractivity contribution is 5.60. The van der Waals surface area contributed by atoms with Crippen molar-refractivity contribution in [2.75, 3.05) is 0 Å². The Labute approximate surface area is 186 Å². The monoisotopic (exact) mass is 418 g/mol. The minimum Gasteiger partial charge on any atom is -0.427 e. The van der Waals surface area contributed by atoms with Crippen LogP contribution in [0.2, 0.25) is 0 Å². The molecule has 0 amide bonds. The van der Waals surface area contributed by atoms with E-state index in [-0.39, 0.29) is 12.2 Å². The largest absolute Gasteiger partial charge is 0.509 e. The number of carbonyl (C=O) groups is 1. The first-order valence-corrected chi connectivity index (χ1v) is 11.6. The van der Waals surface area contributed by atoms with Gasteiger partial charge in [-0.1, -0.05) is 49.3 Å². The molecule has 0 unspecified atom stereocenters. The quantitative estimate of drug-likeness (QED) is 0.209. The second-order valence-electron chi connectivity index (χ2n) is 9.15. The molecule has 0 saturated heterocycles. The lowest BCUT2D eigenvalue weighted by Gasteiger charge is -2.13. The first-order chi connectivity index (χ1) is 14.1. The summed E-state index contributed by atoms with van der Waals surface area (Å²) >= 11 is 0. The van der Waals surface area contributed by atoms with Crippen molar-refractivity contribution in [2.45, 2.75) is 106 Å². The number of allylic oxidation sites excluding steroid dienone is 6. The molecule has 0 aliphatic rings. The van der Waals surface area contributed by atoms with Gasteiger partial charge in [0.15, 0.2) is 0 Å². The summed E-state index contributed by atoms with van der Waals surface area (Å²) in [5, 5.41) is 0. The zero-order chi connectivity index (χ0) is 22.9. The third kappa shape index (κ3) is 18.3. The molecule has 0 rings (SSSR count). The molecule has 0 aliphatic carbocycles. The van der Waals surface area contributed by atoms with E-state index in [2.05, 4.69) is 65.8 Å². The van der Waals surface area contributed by atoms with Gasteiger partial charge in [-0.15, -0.1) is 0 Å². The Morgan fingerprint density at radius 2 is 1.07 bits per heavy atom. The molecule has 0 aromatic rings. The van der Waals surface area contributed by atoms with Crippen LogP contribution in [0.3, 0.4) is 0 Å². The normalized spacial score (nSPS) is 15.5. The Balaban J connectivity index is 4.08. The van der Waals surface area contributed by atoms with E-state index in [9.17, 15) is 4.79 Å². The summed E-state index contributed by atoms with van der Waals surface area (Å²) in [5.41, 5.74) is 2.74. The molecular formula is C27H46O3. The smallest absolute Gasteiger partial charge is 0.427 e. The predicted octanol–water partition coefficient (Wildman–Crippen LogP) is 8.57. The molecule has 0 heterocycles. The first-order valence-electron chi connectivity index (χ1n) is 11.6. The molecule has 4 atom stereocenters. The van der Waals surface area contributed by atoms with Gasteiger partial charge in [-0.25, -0.2) is 4.79 Å². The van der Waals surface area contributed by atoms with Crippen LogP contribution >= 0.6 is 0 Å². The molecule has 3 nitrogen and oxygen atoms in total. The summed E-state index contributed by atoms with van der Waals surface area (Å²) in [6.07, 6.45) is 18.0. The molecule has 0 bridgehead atoms. The second kappa shape index (κ2) is 17.0. The van der Waals surface area contributed by atoms with Gasteiger partial charge in [0.25, 0.3) is 0 Å². The highest BCUT2D eigenvalue weighted by Crippen LogP contribution is 2.14. The fraction of sp³-hybridized carbons (Fsp3) is 0.667. The lowest BCUT2D eigenvalue weighted by molar-refractivity contribution is 0.0296. The van der Waals surface area contributed by atoms with E-state index >= 15 is 0 Å². The van der Waals surface area contributed by atoms with Crippen molar-refractivity contribution in [3.63, 3.8) is 0 Å². The van der Waals surface area contributed by atoms with Crippen LogP contribution < -0.4 is 0 Å². The molecule has 0 spiro atoms. The molecular weight excluding hydrogens is 372 g/mol. The van der Waals surface area contributed by atoms with Crippen LogP contribution in [0.25, 0.3) is 0 Å². The molecule has 0 aromatic heterocycles. The molecule has 0 radical (unpaired) electrons. The minimum absolute atomic E-state index is 0.284. The van der Waals surface area contributed by atoms with E-state index in [1.807, 2.05) is 26.0 Å². The maximum Gasteiger partial charge on any atom is 0.509 e. The zero-order valence-corrected chi connectivity index (χ0v) is 20.7. The number of ether oxygens (including phenoxy) is 2. The van der Waals surface area contributed by atoms with Crippen LogP contribution in [-0.2, 0) is 9.47 Å². The highest BCUT2D eigenvalue weighted by Gasteiger charge is 2.11. The van der Waals surface area contributed by atoms with E-state index in [4.69, 9.17) is 9.47 Å². The van der Waals surface area contributed by atoms with Crippen molar-refractivity contribution in [1.82, 2.24) is 0 Å². The Bertz CT molecular complexity index is 525. The van der Waals surface area contributed by atoms with Crippen LogP contribution in [0.5, 0.6) is 0 Å². The lowest BCUT2D eigenvalue weighted by atomic mass is 10.0. The minimum atomic E-state index is -0.613. The predicted molar refractivity (Wildman–Crippen MR) is 130 cm³/mol. The van der Waals surface area contributed by atoms with Gasteiger partial charge in [0, 0.05) is 0 Å². The third-order valence-corrected chi connectivity index (χ3v) is 4.88. The number of hydrogen-bond donors (Lipinski definition) is 0. The fourth-order valence-electron chi connectivity index (χ4n) is 2.96.